The Bertz CT molecular complexity index is 392. The summed E-state index contributed by atoms with van der Waals surface area (Å²) >= 11 is 0. The second-order valence-electron chi connectivity index (χ2n) is 3.60. The van der Waals surface area contributed by atoms with Crippen molar-refractivity contribution >= 4 is 5.97 Å². The van der Waals surface area contributed by atoms with Crippen molar-refractivity contribution in [2.75, 3.05) is 13.2 Å². The van der Waals surface area contributed by atoms with E-state index in [0.29, 0.717) is 0 Å². The van der Waals surface area contributed by atoms with Gasteiger partial charge in [0, 0.05) is 24.6 Å². The van der Waals surface area contributed by atoms with E-state index < -0.39 is 23.6 Å². The molecule has 0 aliphatic rings. The van der Waals surface area contributed by atoms with Crippen molar-refractivity contribution in [1.29, 1.82) is 0 Å². The minimum Gasteiger partial charge on any atom is -0.493 e. The standard InChI is InChI=1S/C12H15F2NO3/c1-2-17-12(16)11(15)3-4-18-10-6-8(13)5-9(14)7-10/h5-7,11H,2-4,15H2,1H3. The summed E-state index contributed by atoms with van der Waals surface area (Å²) < 4.78 is 35.5. The second-order valence-corrected chi connectivity index (χ2v) is 3.60. The maximum Gasteiger partial charge on any atom is 0.323 e. The number of carbonyl (C=O) groups is 1. The van der Waals surface area contributed by atoms with E-state index in [1.54, 1.807) is 6.92 Å². The summed E-state index contributed by atoms with van der Waals surface area (Å²) in [7, 11) is 0. The van der Waals surface area contributed by atoms with Crippen LogP contribution in [-0.4, -0.2) is 25.2 Å². The Balaban J connectivity index is 2.39. The first-order valence-electron chi connectivity index (χ1n) is 5.54. The fraction of sp³-hybridized carbons (Fsp3) is 0.417. The number of carbonyl (C=O) groups excluding carboxylic acids is 1. The first kappa shape index (κ1) is 14.4. The number of rotatable bonds is 6. The molecule has 0 fully saturated rings. The van der Waals surface area contributed by atoms with Crippen LogP contribution in [0.2, 0.25) is 0 Å². The highest BCUT2D eigenvalue weighted by atomic mass is 19.1. The molecule has 4 nitrogen and oxygen atoms in total. The number of benzene rings is 1. The highest BCUT2D eigenvalue weighted by Crippen LogP contribution is 2.15. The van der Waals surface area contributed by atoms with Gasteiger partial charge in [0.2, 0.25) is 0 Å². The van der Waals surface area contributed by atoms with E-state index in [-0.39, 0.29) is 25.4 Å². The third-order valence-corrected chi connectivity index (χ3v) is 2.12. The predicted octanol–water partition coefficient (Wildman–Crippen LogP) is 1.62. The monoisotopic (exact) mass is 259 g/mol. The molecule has 0 heterocycles. The molecule has 100 valence electrons. The van der Waals surface area contributed by atoms with E-state index in [1.165, 1.54) is 0 Å². The van der Waals surface area contributed by atoms with Crippen LogP contribution in [0.1, 0.15) is 13.3 Å². The summed E-state index contributed by atoms with van der Waals surface area (Å²) in [6.07, 6.45) is 0.205. The summed E-state index contributed by atoms with van der Waals surface area (Å²) in [5, 5.41) is 0. The topological polar surface area (TPSA) is 61.5 Å². The van der Waals surface area contributed by atoms with Crippen molar-refractivity contribution in [2.24, 2.45) is 5.73 Å². The molecule has 0 bridgehead atoms. The van der Waals surface area contributed by atoms with Crippen LogP contribution in [0.15, 0.2) is 18.2 Å². The van der Waals surface area contributed by atoms with E-state index in [9.17, 15) is 13.6 Å². The highest BCUT2D eigenvalue weighted by Gasteiger charge is 2.14. The van der Waals surface area contributed by atoms with Gasteiger partial charge in [-0.05, 0) is 6.92 Å². The number of hydrogen-bond acceptors (Lipinski definition) is 4. The molecule has 0 aromatic heterocycles. The molecule has 0 saturated heterocycles. The number of esters is 1. The first-order valence-corrected chi connectivity index (χ1v) is 5.54. The predicted molar refractivity (Wildman–Crippen MR) is 61.1 cm³/mol. The SMILES string of the molecule is CCOC(=O)C(N)CCOc1cc(F)cc(F)c1. The van der Waals surface area contributed by atoms with Gasteiger partial charge < -0.3 is 15.2 Å². The van der Waals surface area contributed by atoms with Crippen LogP contribution in [0, 0.1) is 11.6 Å². The van der Waals surface area contributed by atoms with Crippen LogP contribution >= 0.6 is 0 Å². The smallest absolute Gasteiger partial charge is 0.323 e. The Hall–Kier alpha value is -1.69. The number of hydrogen-bond donors (Lipinski definition) is 1. The largest absolute Gasteiger partial charge is 0.493 e. The summed E-state index contributed by atoms with van der Waals surface area (Å²) in [5.74, 6) is -1.91. The van der Waals surface area contributed by atoms with Gasteiger partial charge in [-0.3, -0.25) is 4.79 Å². The highest BCUT2D eigenvalue weighted by molar-refractivity contribution is 5.75. The average molecular weight is 259 g/mol. The number of ether oxygens (including phenoxy) is 2. The third kappa shape index (κ3) is 4.67. The summed E-state index contributed by atoms with van der Waals surface area (Å²) in [5.41, 5.74) is 5.52. The van der Waals surface area contributed by atoms with Gasteiger partial charge in [-0.25, -0.2) is 8.78 Å². The molecule has 18 heavy (non-hydrogen) atoms. The van der Waals surface area contributed by atoms with Crippen LogP contribution in [0.3, 0.4) is 0 Å². The molecule has 0 spiro atoms. The van der Waals surface area contributed by atoms with Crippen molar-refractivity contribution in [2.45, 2.75) is 19.4 Å². The van der Waals surface area contributed by atoms with E-state index in [2.05, 4.69) is 0 Å². The van der Waals surface area contributed by atoms with E-state index in [0.717, 1.165) is 18.2 Å². The van der Waals surface area contributed by atoms with Gasteiger partial charge in [-0.15, -0.1) is 0 Å². The van der Waals surface area contributed by atoms with Gasteiger partial charge in [-0.2, -0.15) is 0 Å². The lowest BCUT2D eigenvalue weighted by molar-refractivity contribution is -0.145. The van der Waals surface area contributed by atoms with Crippen LogP contribution in [0.5, 0.6) is 5.75 Å². The summed E-state index contributed by atoms with van der Waals surface area (Å²) in [6.45, 7) is 2.00. The Kier molecular flexibility index (Phi) is 5.51. The Morgan fingerprint density at radius 1 is 1.33 bits per heavy atom. The molecule has 2 N–H and O–H groups in total. The minimum atomic E-state index is -0.802. The average Bonchev–Trinajstić information content (AvgIpc) is 2.27. The van der Waals surface area contributed by atoms with Crippen LogP contribution in [0.25, 0.3) is 0 Å². The number of nitrogens with two attached hydrogens (primary N) is 1. The number of halogens is 2. The molecular formula is C12H15F2NO3. The summed E-state index contributed by atoms with van der Waals surface area (Å²) in [6, 6.07) is 2.05. The molecule has 0 aliphatic heterocycles. The van der Waals surface area contributed by atoms with Gasteiger partial charge in [0.15, 0.2) is 0 Å². The van der Waals surface area contributed by atoms with Crippen molar-refractivity contribution in [3.05, 3.63) is 29.8 Å². The van der Waals surface area contributed by atoms with Crippen molar-refractivity contribution in [3.63, 3.8) is 0 Å². The van der Waals surface area contributed by atoms with Crippen LogP contribution in [-0.2, 0) is 9.53 Å². The van der Waals surface area contributed by atoms with Gasteiger partial charge in [-0.1, -0.05) is 0 Å². The first-order chi connectivity index (χ1) is 8.52. The van der Waals surface area contributed by atoms with E-state index >= 15 is 0 Å². The zero-order valence-electron chi connectivity index (χ0n) is 9.99. The zero-order chi connectivity index (χ0) is 13.5. The Morgan fingerprint density at radius 3 is 2.50 bits per heavy atom. The molecular weight excluding hydrogens is 244 g/mol. The van der Waals surface area contributed by atoms with Crippen molar-refractivity contribution in [1.82, 2.24) is 0 Å². The molecule has 0 amide bonds. The summed E-state index contributed by atoms with van der Waals surface area (Å²) in [4.78, 5) is 11.2. The zero-order valence-corrected chi connectivity index (χ0v) is 9.99. The van der Waals surface area contributed by atoms with Gasteiger partial charge >= 0.3 is 5.97 Å². The molecule has 1 aromatic rings. The van der Waals surface area contributed by atoms with Gasteiger partial charge in [0.1, 0.15) is 23.4 Å². The Labute approximate surface area is 104 Å². The normalized spacial score (nSPS) is 12.0. The lowest BCUT2D eigenvalue weighted by atomic mass is 10.2. The maximum absolute atomic E-state index is 12.8. The van der Waals surface area contributed by atoms with E-state index in [4.69, 9.17) is 15.2 Å². The maximum atomic E-state index is 12.8. The molecule has 1 aromatic carbocycles. The minimum absolute atomic E-state index is 0.0589. The molecule has 0 radical (unpaired) electrons. The van der Waals surface area contributed by atoms with Gasteiger partial charge in [0.25, 0.3) is 0 Å². The van der Waals surface area contributed by atoms with E-state index in [1.807, 2.05) is 0 Å². The van der Waals surface area contributed by atoms with Crippen molar-refractivity contribution in [3.8, 4) is 5.75 Å². The molecule has 1 unspecified atom stereocenters. The van der Waals surface area contributed by atoms with Gasteiger partial charge in [0.05, 0.1) is 13.2 Å². The lowest BCUT2D eigenvalue weighted by Crippen LogP contribution is -2.33. The molecule has 0 aliphatic carbocycles. The van der Waals surface area contributed by atoms with Crippen LogP contribution in [0.4, 0.5) is 8.78 Å². The Morgan fingerprint density at radius 2 is 1.94 bits per heavy atom. The molecule has 1 rings (SSSR count). The van der Waals surface area contributed by atoms with Crippen LogP contribution < -0.4 is 10.5 Å². The molecule has 0 saturated carbocycles. The lowest BCUT2D eigenvalue weighted by Gasteiger charge is -2.11. The third-order valence-electron chi connectivity index (χ3n) is 2.12. The molecule has 6 heteroatoms. The van der Waals surface area contributed by atoms with Crippen molar-refractivity contribution < 1.29 is 23.0 Å². The fourth-order valence-corrected chi connectivity index (χ4v) is 1.28. The molecule has 1 atom stereocenters. The quantitative estimate of drug-likeness (QED) is 0.789. The fourth-order valence-electron chi connectivity index (χ4n) is 1.28. The second kappa shape index (κ2) is 6.90.